The van der Waals surface area contributed by atoms with Crippen molar-refractivity contribution in [1.29, 1.82) is 0 Å². The quantitative estimate of drug-likeness (QED) is 0.773. The molecular formula is C10H9BrF2N2O3S. The highest BCUT2D eigenvalue weighted by atomic mass is 79.9. The number of hydrogen-bond donors (Lipinski definition) is 0. The van der Waals surface area contributed by atoms with Crippen molar-refractivity contribution in [1.82, 2.24) is 4.98 Å². The second-order valence-electron chi connectivity index (χ2n) is 4.24. The Labute approximate surface area is 117 Å². The third kappa shape index (κ3) is 3.47. The van der Waals surface area contributed by atoms with Gasteiger partial charge in [-0.15, -0.1) is 3.89 Å². The maximum absolute atomic E-state index is 13.7. The molecule has 2 rings (SSSR count). The molecule has 1 atom stereocenters. The van der Waals surface area contributed by atoms with Gasteiger partial charge in [-0.05, 0) is 22.0 Å². The van der Waals surface area contributed by atoms with Crippen molar-refractivity contribution in [3.05, 3.63) is 22.6 Å². The first kappa shape index (κ1) is 14.3. The third-order valence-electron chi connectivity index (χ3n) is 2.68. The lowest BCUT2D eigenvalue weighted by Crippen LogP contribution is -2.27. The number of carbonyl (C=O) groups is 1. The standard InChI is InChI=1S/C10H9BrF2N2O3S/c11-7-2-8(12)10(14-3-7)15-4-6(1-9(15)16)5-19(13,17)18/h2-3,6H,1,4-5H2. The van der Waals surface area contributed by atoms with Gasteiger partial charge in [0.05, 0.1) is 5.75 Å². The van der Waals surface area contributed by atoms with E-state index >= 15 is 0 Å². The molecule has 0 radical (unpaired) electrons. The van der Waals surface area contributed by atoms with E-state index in [1.165, 1.54) is 6.20 Å². The highest BCUT2D eigenvalue weighted by Crippen LogP contribution is 2.27. The Hall–Kier alpha value is -1.09. The normalized spacial score (nSPS) is 20.1. The molecule has 1 saturated heterocycles. The second-order valence-corrected chi connectivity index (χ2v) is 6.57. The zero-order valence-corrected chi connectivity index (χ0v) is 11.9. The zero-order chi connectivity index (χ0) is 14.2. The Morgan fingerprint density at radius 3 is 2.79 bits per heavy atom. The molecular weight excluding hydrogens is 346 g/mol. The van der Waals surface area contributed by atoms with Gasteiger partial charge in [0.2, 0.25) is 5.91 Å². The fourth-order valence-corrected chi connectivity index (χ4v) is 3.08. The highest BCUT2D eigenvalue weighted by molar-refractivity contribution is 9.10. The van der Waals surface area contributed by atoms with Gasteiger partial charge in [0.15, 0.2) is 11.6 Å². The molecule has 1 fully saturated rings. The van der Waals surface area contributed by atoms with Crippen LogP contribution in [0.3, 0.4) is 0 Å². The minimum absolute atomic E-state index is 0.0620. The van der Waals surface area contributed by atoms with Gasteiger partial charge in [-0.1, -0.05) is 0 Å². The monoisotopic (exact) mass is 354 g/mol. The molecule has 1 aromatic rings. The molecule has 0 spiro atoms. The van der Waals surface area contributed by atoms with Crippen LogP contribution in [0.15, 0.2) is 16.7 Å². The molecule has 9 heteroatoms. The summed E-state index contributed by atoms with van der Waals surface area (Å²) < 4.78 is 47.8. The molecule has 0 N–H and O–H groups in total. The zero-order valence-electron chi connectivity index (χ0n) is 9.51. The Morgan fingerprint density at radius 2 is 2.21 bits per heavy atom. The summed E-state index contributed by atoms with van der Waals surface area (Å²) >= 11 is 3.04. The van der Waals surface area contributed by atoms with Crippen molar-refractivity contribution in [2.45, 2.75) is 6.42 Å². The topological polar surface area (TPSA) is 67.3 Å². The number of amides is 1. The Morgan fingerprint density at radius 1 is 1.53 bits per heavy atom. The smallest absolute Gasteiger partial charge is 0.294 e. The van der Waals surface area contributed by atoms with Crippen molar-refractivity contribution >= 4 is 37.9 Å². The third-order valence-corrected chi connectivity index (χ3v) is 3.99. The van der Waals surface area contributed by atoms with Gasteiger partial charge in [-0.25, -0.2) is 9.37 Å². The summed E-state index contributed by atoms with van der Waals surface area (Å²) in [6.07, 6.45) is 1.19. The number of rotatable bonds is 3. The van der Waals surface area contributed by atoms with Crippen LogP contribution in [0.1, 0.15) is 6.42 Å². The SMILES string of the molecule is O=C1CC(CS(=O)(=O)F)CN1c1ncc(Br)cc1F. The molecule has 1 unspecified atom stereocenters. The van der Waals surface area contributed by atoms with Crippen molar-refractivity contribution in [2.75, 3.05) is 17.2 Å². The van der Waals surface area contributed by atoms with Crippen LogP contribution in [0.5, 0.6) is 0 Å². The van der Waals surface area contributed by atoms with Crippen LogP contribution in [-0.4, -0.2) is 31.6 Å². The highest BCUT2D eigenvalue weighted by Gasteiger charge is 2.35. The number of hydrogen-bond acceptors (Lipinski definition) is 4. The molecule has 104 valence electrons. The van der Waals surface area contributed by atoms with Crippen LogP contribution in [0.25, 0.3) is 0 Å². The predicted octanol–water partition coefficient (Wildman–Crippen LogP) is 1.64. The van der Waals surface area contributed by atoms with Gasteiger partial charge in [0.1, 0.15) is 0 Å². The molecule has 5 nitrogen and oxygen atoms in total. The van der Waals surface area contributed by atoms with E-state index in [2.05, 4.69) is 20.9 Å². The fraction of sp³-hybridized carbons (Fsp3) is 0.400. The van der Waals surface area contributed by atoms with E-state index in [4.69, 9.17) is 0 Å². The lowest BCUT2D eigenvalue weighted by Gasteiger charge is -2.15. The molecule has 1 amide bonds. The van der Waals surface area contributed by atoms with Gasteiger partial charge in [0.25, 0.3) is 0 Å². The van der Waals surface area contributed by atoms with E-state index < -0.39 is 33.6 Å². The van der Waals surface area contributed by atoms with E-state index in [0.717, 1.165) is 11.0 Å². The first-order valence-electron chi connectivity index (χ1n) is 5.30. The summed E-state index contributed by atoms with van der Waals surface area (Å²) in [7, 11) is -4.65. The summed E-state index contributed by atoms with van der Waals surface area (Å²) in [5.41, 5.74) is 0. The van der Waals surface area contributed by atoms with Crippen LogP contribution in [0, 0.1) is 11.7 Å². The molecule has 0 bridgehead atoms. The average molecular weight is 355 g/mol. The van der Waals surface area contributed by atoms with E-state index in [9.17, 15) is 21.5 Å². The van der Waals surface area contributed by atoms with Crippen LogP contribution in [0.2, 0.25) is 0 Å². The molecule has 1 aromatic heterocycles. The molecule has 2 heterocycles. The second kappa shape index (κ2) is 5.12. The summed E-state index contributed by atoms with van der Waals surface area (Å²) in [6, 6.07) is 1.15. The molecule has 0 aliphatic carbocycles. The fourth-order valence-electron chi connectivity index (χ4n) is 1.99. The van der Waals surface area contributed by atoms with E-state index in [0.29, 0.717) is 4.47 Å². The van der Waals surface area contributed by atoms with Crippen molar-refractivity contribution < 1.29 is 21.5 Å². The molecule has 0 aromatic carbocycles. The van der Waals surface area contributed by atoms with E-state index in [1.54, 1.807) is 0 Å². The van der Waals surface area contributed by atoms with Gasteiger partial charge in [-0.3, -0.25) is 9.69 Å². The van der Waals surface area contributed by atoms with Gasteiger partial charge < -0.3 is 0 Å². The number of pyridine rings is 1. The van der Waals surface area contributed by atoms with Gasteiger partial charge >= 0.3 is 10.2 Å². The maximum atomic E-state index is 13.7. The number of anilines is 1. The minimum atomic E-state index is -4.65. The van der Waals surface area contributed by atoms with Crippen molar-refractivity contribution in [2.24, 2.45) is 5.92 Å². The summed E-state index contributed by atoms with van der Waals surface area (Å²) in [5.74, 6) is -2.78. The minimum Gasteiger partial charge on any atom is -0.294 e. The predicted molar refractivity (Wildman–Crippen MR) is 67.2 cm³/mol. The maximum Gasteiger partial charge on any atom is 0.302 e. The van der Waals surface area contributed by atoms with Crippen LogP contribution in [0.4, 0.5) is 14.1 Å². The largest absolute Gasteiger partial charge is 0.302 e. The Bertz CT molecular complexity index is 623. The number of carbonyl (C=O) groups excluding carboxylic acids is 1. The van der Waals surface area contributed by atoms with Crippen LogP contribution < -0.4 is 4.90 Å². The lowest BCUT2D eigenvalue weighted by molar-refractivity contribution is -0.117. The lowest BCUT2D eigenvalue weighted by atomic mass is 10.1. The molecule has 0 saturated carbocycles. The Kier molecular flexibility index (Phi) is 3.86. The summed E-state index contributed by atoms with van der Waals surface area (Å²) in [4.78, 5) is 16.5. The number of nitrogens with zero attached hydrogens (tertiary/aromatic N) is 2. The average Bonchev–Trinajstić information content (AvgIpc) is 2.56. The van der Waals surface area contributed by atoms with Crippen molar-refractivity contribution in [3.8, 4) is 0 Å². The first-order chi connectivity index (χ1) is 8.76. The van der Waals surface area contributed by atoms with Crippen molar-refractivity contribution in [3.63, 3.8) is 0 Å². The summed E-state index contributed by atoms with van der Waals surface area (Å²) in [6.45, 7) is -0.0620. The summed E-state index contributed by atoms with van der Waals surface area (Å²) in [5, 5.41) is 0. The van der Waals surface area contributed by atoms with E-state index in [-0.39, 0.29) is 18.8 Å². The molecule has 19 heavy (non-hydrogen) atoms. The van der Waals surface area contributed by atoms with E-state index in [1.807, 2.05) is 0 Å². The van der Waals surface area contributed by atoms with Crippen LogP contribution >= 0.6 is 15.9 Å². The molecule has 1 aliphatic heterocycles. The van der Waals surface area contributed by atoms with Crippen LogP contribution in [-0.2, 0) is 15.0 Å². The molecule has 1 aliphatic rings. The number of aromatic nitrogens is 1. The Balaban J connectivity index is 2.20. The van der Waals surface area contributed by atoms with Gasteiger partial charge in [-0.2, -0.15) is 8.42 Å². The number of halogens is 3. The first-order valence-corrected chi connectivity index (χ1v) is 7.64. The van der Waals surface area contributed by atoms with Gasteiger partial charge in [0, 0.05) is 29.6 Å².